The molecule has 0 amide bonds. The summed E-state index contributed by atoms with van der Waals surface area (Å²) in [5.41, 5.74) is -0.489. The predicted octanol–water partition coefficient (Wildman–Crippen LogP) is 2.51. The molecule has 0 spiro atoms. The van der Waals surface area contributed by atoms with Gasteiger partial charge in [-0.3, -0.25) is 19.5 Å². The van der Waals surface area contributed by atoms with E-state index in [0.717, 1.165) is 4.47 Å². The Bertz CT molecular complexity index is 619. The van der Waals surface area contributed by atoms with Crippen LogP contribution in [0, 0.1) is 10.1 Å². The zero-order valence-electron chi connectivity index (χ0n) is 8.54. The average molecular weight is 295 g/mol. The van der Waals surface area contributed by atoms with E-state index >= 15 is 0 Å². The Labute approximate surface area is 105 Å². The largest absolute Gasteiger partial charge is 0.334 e. The van der Waals surface area contributed by atoms with Gasteiger partial charge in [-0.25, -0.2) is 0 Å². The molecule has 2 rings (SSSR count). The van der Waals surface area contributed by atoms with Gasteiger partial charge in [0, 0.05) is 22.4 Å². The molecule has 0 aliphatic carbocycles. The lowest BCUT2D eigenvalue weighted by Gasteiger charge is -2.04. The summed E-state index contributed by atoms with van der Waals surface area (Å²) < 4.78 is 2.12. The molecular formula is C11H7BrN2O3. The van der Waals surface area contributed by atoms with Crippen molar-refractivity contribution in [3.8, 4) is 5.69 Å². The van der Waals surface area contributed by atoms with Gasteiger partial charge in [-0.15, -0.1) is 0 Å². The Kier molecular flexibility index (Phi) is 3.06. The molecule has 6 heteroatoms. The molecule has 17 heavy (non-hydrogen) atoms. The lowest BCUT2D eigenvalue weighted by Crippen LogP contribution is -2.20. The van der Waals surface area contributed by atoms with E-state index in [1.807, 2.05) is 0 Å². The fourth-order valence-electron chi connectivity index (χ4n) is 1.43. The number of pyridine rings is 1. The first-order valence-corrected chi connectivity index (χ1v) is 5.51. The summed E-state index contributed by atoms with van der Waals surface area (Å²) in [7, 11) is 0. The molecule has 0 fully saturated rings. The third-order valence-electron chi connectivity index (χ3n) is 2.23. The molecule has 1 heterocycles. The van der Waals surface area contributed by atoms with Crippen molar-refractivity contribution in [2.45, 2.75) is 0 Å². The lowest BCUT2D eigenvalue weighted by molar-refractivity contribution is -0.386. The minimum Gasteiger partial charge on any atom is -0.278 e. The van der Waals surface area contributed by atoms with E-state index in [-0.39, 0.29) is 0 Å². The van der Waals surface area contributed by atoms with Gasteiger partial charge >= 0.3 is 11.2 Å². The zero-order chi connectivity index (χ0) is 12.4. The molecule has 0 saturated heterocycles. The van der Waals surface area contributed by atoms with Crippen molar-refractivity contribution in [2.75, 3.05) is 0 Å². The van der Waals surface area contributed by atoms with Crippen LogP contribution < -0.4 is 5.56 Å². The molecule has 1 aromatic carbocycles. The Morgan fingerprint density at radius 1 is 1.18 bits per heavy atom. The highest BCUT2D eigenvalue weighted by atomic mass is 79.9. The summed E-state index contributed by atoms with van der Waals surface area (Å²) in [6.45, 7) is 0. The van der Waals surface area contributed by atoms with Gasteiger partial charge in [0.2, 0.25) is 0 Å². The third kappa shape index (κ3) is 2.26. The second-order valence-corrected chi connectivity index (χ2v) is 4.22. The molecule has 0 N–H and O–H groups in total. The minimum atomic E-state index is -0.683. The van der Waals surface area contributed by atoms with Gasteiger partial charge in [0.1, 0.15) is 0 Å². The first kappa shape index (κ1) is 11.5. The average Bonchev–Trinajstić information content (AvgIpc) is 2.30. The highest BCUT2D eigenvalue weighted by Gasteiger charge is 2.13. The Balaban J connectivity index is 2.61. The number of halogens is 1. The number of nitro groups is 1. The number of aromatic nitrogens is 1. The monoisotopic (exact) mass is 294 g/mol. The molecule has 1 aromatic heterocycles. The summed E-state index contributed by atoms with van der Waals surface area (Å²) in [5.74, 6) is 0. The van der Waals surface area contributed by atoms with E-state index in [0.29, 0.717) is 5.69 Å². The topological polar surface area (TPSA) is 65.1 Å². The van der Waals surface area contributed by atoms with Gasteiger partial charge < -0.3 is 0 Å². The highest BCUT2D eigenvalue weighted by molar-refractivity contribution is 9.10. The maximum Gasteiger partial charge on any atom is 0.334 e. The van der Waals surface area contributed by atoms with Gasteiger partial charge in [0.15, 0.2) is 0 Å². The van der Waals surface area contributed by atoms with Crippen LogP contribution in [0.1, 0.15) is 0 Å². The van der Waals surface area contributed by atoms with Gasteiger partial charge in [-0.1, -0.05) is 15.9 Å². The van der Waals surface area contributed by atoms with Crippen LogP contribution in [0.2, 0.25) is 0 Å². The van der Waals surface area contributed by atoms with Crippen LogP contribution in [-0.4, -0.2) is 9.49 Å². The SMILES string of the molecule is O=c1c([N+](=O)[O-])cccn1-c1ccc(Br)cc1. The summed E-state index contributed by atoms with van der Waals surface area (Å²) in [4.78, 5) is 21.8. The van der Waals surface area contributed by atoms with Crippen LogP contribution in [0.25, 0.3) is 5.69 Å². The van der Waals surface area contributed by atoms with Crippen molar-refractivity contribution in [1.29, 1.82) is 0 Å². The van der Waals surface area contributed by atoms with Gasteiger partial charge in [-0.2, -0.15) is 0 Å². The number of benzene rings is 1. The number of hydrogen-bond donors (Lipinski definition) is 0. The van der Waals surface area contributed by atoms with Crippen LogP contribution in [0.3, 0.4) is 0 Å². The summed E-state index contributed by atoms with van der Waals surface area (Å²) in [5, 5.41) is 10.6. The maximum absolute atomic E-state index is 11.8. The molecular weight excluding hydrogens is 288 g/mol. The van der Waals surface area contributed by atoms with Crippen LogP contribution in [0.15, 0.2) is 51.9 Å². The fourth-order valence-corrected chi connectivity index (χ4v) is 1.69. The van der Waals surface area contributed by atoms with Crippen molar-refractivity contribution in [2.24, 2.45) is 0 Å². The number of nitrogens with zero attached hydrogens (tertiary/aromatic N) is 2. The molecule has 0 atom stereocenters. The van der Waals surface area contributed by atoms with E-state index in [2.05, 4.69) is 15.9 Å². The number of hydrogen-bond acceptors (Lipinski definition) is 3. The van der Waals surface area contributed by atoms with Gasteiger partial charge in [0.05, 0.1) is 4.92 Å². The maximum atomic E-state index is 11.8. The van der Waals surface area contributed by atoms with Crippen LogP contribution in [0.4, 0.5) is 5.69 Å². The van der Waals surface area contributed by atoms with Crippen molar-refractivity contribution >= 4 is 21.6 Å². The molecule has 0 aliphatic rings. The van der Waals surface area contributed by atoms with Crippen LogP contribution >= 0.6 is 15.9 Å². The van der Waals surface area contributed by atoms with Gasteiger partial charge in [0.25, 0.3) is 0 Å². The standard InChI is InChI=1S/C11H7BrN2O3/c12-8-3-5-9(6-4-8)13-7-1-2-10(11(13)15)14(16)17/h1-7H. The summed E-state index contributed by atoms with van der Waals surface area (Å²) in [6.07, 6.45) is 1.50. The van der Waals surface area contributed by atoms with Crippen LogP contribution in [-0.2, 0) is 0 Å². The molecule has 0 unspecified atom stereocenters. The second kappa shape index (κ2) is 4.50. The molecule has 86 valence electrons. The van der Waals surface area contributed by atoms with E-state index in [1.54, 1.807) is 24.3 Å². The molecule has 5 nitrogen and oxygen atoms in total. The molecule has 0 bridgehead atoms. The van der Waals surface area contributed by atoms with E-state index < -0.39 is 16.2 Å². The molecule has 0 aliphatic heterocycles. The first-order valence-electron chi connectivity index (χ1n) is 4.71. The lowest BCUT2D eigenvalue weighted by atomic mass is 10.3. The normalized spacial score (nSPS) is 10.2. The summed E-state index contributed by atoms with van der Waals surface area (Å²) >= 11 is 3.28. The van der Waals surface area contributed by atoms with E-state index in [9.17, 15) is 14.9 Å². The fraction of sp³-hybridized carbons (Fsp3) is 0. The minimum absolute atomic E-state index is 0.435. The van der Waals surface area contributed by atoms with Crippen molar-refractivity contribution in [3.63, 3.8) is 0 Å². The van der Waals surface area contributed by atoms with Crippen molar-refractivity contribution < 1.29 is 4.92 Å². The van der Waals surface area contributed by atoms with E-state index in [1.165, 1.54) is 22.9 Å². The van der Waals surface area contributed by atoms with Crippen LogP contribution in [0.5, 0.6) is 0 Å². The Hall–Kier alpha value is -1.95. The van der Waals surface area contributed by atoms with Crippen molar-refractivity contribution in [1.82, 2.24) is 4.57 Å². The second-order valence-electron chi connectivity index (χ2n) is 3.30. The molecule has 0 saturated carbocycles. The van der Waals surface area contributed by atoms with E-state index in [4.69, 9.17) is 0 Å². The summed E-state index contributed by atoms with van der Waals surface area (Å²) in [6, 6.07) is 9.60. The predicted molar refractivity (Wildman–Crippen MR) is 66.4 cm³/mol. The van der Waals surface area contributed by atoms with Crippen molar-refractivity contribution in [3.05, 3.63) is 67.5 Å². The smallest absolute Gasteiger partial charge is 0.278 e. The number of rotatable bonds is 2. The third-order valence-corrected chi connectivity index (χ3v) is 2.76. The van der Waals surface area contributed by atoms with Gasteiger partial charge in [-0.05, 0) is 30.3 Å². The molecule has 0 radical (unpaired) electrons. The Morgan fingerprint density at radius 3 is 2.41 bits per heavy atom. The first-order chi connectivity index (χ1) is 8.09. The quantitative estimate of drug-likeness (QED) is 0.631. The molecule has 2 aromatic rings. The highest BCUT2D eigenvalue weighted by Crippen LogP contribution is 2.13. The Morgan fingerprint density at radius 2 is 1.82 bits per heavy atom. The zero-order valence-corrected chi connectivity index (χ0v) is 10.1.